The van der Waals surface area contributed by atoms with Crippen LogP contribution in [0.5, 0.6) is 5.75 Å². The van der Waals surface area contributed by atoms with Crippen molar-refractivity contribution >= 4 is 16.9 Å². The van der Waals surface area contributed by atoms with E-state index in [-0.39, 0.29) is 5.92 Å². The average Bonchev–Trinajstić information content (AvgIpc) is 3.14. The van der Waals surface area contributed by atoms with Crippen molar-refractivity contribution in [3.63, 3.8) is 0 Å². The standard InChI is InChI=1S/C23H25NO5/c1-23(22(25)26)28-15-18(16-29-23)14-17-6-8-20(9-7-17)27-13-12-24-11-10-19-4-2-3-5-21(19)24/h2-11,18H,12-16H2,1H3,(H,25,26)/t18-,23+. The zero-order valence-corrected chi connectivity index (χ0v) is 16.4. The summed E-state index contributed by atoms with van der Waals surface area (Å²) in [7, 11) is 0. The Kier molecular flexibility index (Phi) is 5.56. The van der Waals surface area contributed by atoms with E-state index < -0.39 is 11.8 Å². The minimum atomic E-state index is -1.53. The van der Waals surface area contributed by atoms with E-state index in [2.05, 4.69) is 29.0 Å². The van der Waals surface area contributed by atoms with Crippen LogP contribution < -0.4 is 4.74 Å². The van der Waals surface area contributed by atoms with Crippen LogP contribution in [-0.2, 0) is 27.2 Å². The second kappa shape index (κ2) is 8.27. The number of benzene rings is 2. The SMILES string of the molecule is C[C@]1(C(=O)O)OC[C@@H](Cc2ccc(OCCn3ccc4ccccc43)cc2)CO1. The van der Waals surface area contributed by atoms with Crippen molar-refractivity contribution in [1.82, 2.24) is 4.57 Å². The zero-order chi connectivity index (χ0) is 20.3. The van der Waals surface area contributed by atoms with E-state index in [9.17, 15) is 4.79 Å². The number of nitrogens with zero attached hydrogens (tertiary/aromatic N) is 1. The maximum Gasteiger partial charge on any atom is 0.364 e. The fourth-order valence-electron chi connectivity index (χ4n) is 3.54. The molecule has 0 amide bonds. The molecular weight excluding hydrogens is 370 g/mol. The minimum absolute atomic E-state index is 0.135. The molecule has 6 heteroatoms. The van der Waals surface area contributed by atoms with Crippen molar-refractivity contribution in [2.75, 3.05) is 19.8 Å². The van der Waals surface area contributed by atoms with Crippen LogP contribution in [0.25, 0.3) is 10.9 Å². The van der Waals surface area contributed by atoms with E-state index in [1.807, 2.05) is 36.4 Å². The number of fused-ring (bicyclic) bond motifs is 1. The van der Waals surface area contributed by atoms with Crippen LogP contribution in [0.15, 0.2) is 60.8 Å². The fraction of sp³-hybridized carbons (Fsp3) is 0.348. The van der Waals surface area contributed by atoms with Crippen molar-refractivity contribution in [1.29, 1.82) is 0 Å². The Labute approximate surface area is 169 Å². The van der Waals surface area contributed by atoms with Crippen LogP contribution >= 0.6 is 0 Å². The Morgan fingerprint density at radius 2 is 1.86 bits per heavy atom. The van der Waals surface area contributed by atoms with Gasteiger partial charge in [-0.1, -0.05) is 30.3 Å². The van der Waals surface area contributed by atoms with Gasteiger partial charge in [0.25, 0.3) is 5.79 Å². The largest absolute Gasteiger partial charge is 0.492 e. The van der Waals surface area contributed by atoms with Crippen LogP contribution in [0.2, 0.25) is 0 Å². The van der Waals surface area contributed by atoms with Crippen molar-refractivity contribution in [2.45, 2.75) is 25.7 Å². The van der Waals surface area contributed by atoms with Gasteiger partial charge in [-0.15, -0.1) is 0 Å². The summed E-state index contributed by atoms with van der Waals surface area (Å²) in [4.78, 5) is 11.1. The molecule has 0 radical (unpaired) electrons. The first-order valence-corrected chi connectivity index (χ1v) is 9.80. The van der Waals surface area contributed by atoms with Gasteiger partial charge in [0, 0.05) is 24.6 Å². The molecule has 0 saturated carbocycles. The first-order chi connectivity index (χ1) is 14.0. The fourth-order valence-corrected chi connectivity index (χ4v) is 3.54. The quantitative estimate of drug-likeness (QED) is 0.660. The molecule has 1 aliphatic heterocycles. The summed E-state index contributed by atoms with van der Waals surface area (Å²) >= 11 is 0. The molecule has 0 bridgehead atoms. The molecule has 152 valence electrons. The summed E-state index contributed by atoms with van der Waals surface area (Å²) in [6.45, 7) is 3.55. The van der Waals surface area contributed by atoms with E-state index in [1.165, 1.54) is 17.8 Å². The van der Waals surface area contributed by atoms with E-state index in [0.717, 1.165) is 24.3 Å². The highest BCUT2D eigenvalue weighted by Gasteiger charge is 2.40. The molecular formula is C23H25NO5. The third-order valence-corrected chi connectivity index (χ3v) is 5.31. The molecule has 4 rings (SSSR count). The summed E-state index contributed by atoms with van der Waals surface area (Å²) in [5.74, 6) is -1.65. The summed E-state index contributed by atoms with van der Waals surface area (Å²) in [5, 5.41) is 10.4. The molecule has 0 aliphatic carbocycles. The number of hydrogen-bond donors (Lipinski definition) is 1. The van der Waals surface area contributed by atoms with Gasteiger partial charge in [0.05, 0.1) is 19.8 Å². The third kappa shape index (κ3) is 4.44. The summed E-state index contributed by atoms with van der Waals surface area (Å²) in [5.41, 5.74) is 2.35. The number of carboxylic acids is 1. The van der Waals surface area contributed by atoms with Gasteiger partial charge in [-0.25, -0.2) is 4.79 Å². The maximum absolute atomic E-state index is 11.1. The molecule has 0 unspecified atom stereocenters. The van der Waals surface area contributed by atoms with Crippen molar-refractivity contribution in [3.8, 4) is 5.75 Å². The average molecular weight is 395 g/mol. The molecule has 1 fully saturated rings. The van der Waals surface area contributed by atoms with Gasteiger partial charge in [-0.3, -0.25) is 0 Å². The number of carbonyl (C=O) groups is 1. The minimum Gasteiger partial charge on any atom is -0.492 e. The monoisotopic (exact) mass is 395 g/mol. The number of aliphatic carboxylic acids is 1. The number of ether oxygens (including phenoxy) is 3. The Bertz CT molecular complexity index is 970. The first kappa shape index (κ1) is 19.5. The Morgan fingerprint density at radius 1 is 1.14 bits per heavy atom. The van der Waals surface area contributed by atoms with Gasteiger partial charge in [0.15, 0.2) is 0 Å². The molecule has 6 nitrogen and oxygen atoms in total. The van der Waals surface area contributed by atoms with Crippen LogP contribution in [0.4, 0.5) is 0 Å². The third-order valence-electron chi connectivity index (χ3n) is 5.31. The second-order valence-corrected chi connectivity index (χ2v) is 7.50. The highest BCUT2D eigenvalue weighted by molar-refractivity contribution is 5.79. The highest BCUT2D eigenvalue weighted by Crippen LogP contribution is 2.24. The molecule has 0 atom stereocenters. The Morgan fingerprint density at radius 3 is 2.59 bits per heavy atom. The van der Waals surface area contributed by atoms with Gasteiger partial charge < -0.3 is 23.9 Å². The van der Waals surface area contributed by atoms with Gasteiger partial charge in [0.1, 0.15) is 12.4 Å². The van der Waals surface area contributed by atoms with E-state index in [1.54, 1.807) is 0 Å². The topological polar surface area (TPSA) is 69.9 Å². The van der Waals surface area contributed by atoms with Gasteiger partial charge >= 0.3 is 5.97 Å². The van der Waals surface area contributed by atoms with Crippen molar-refractivity contribution < 1.29 is 24.1 Å². The normalized spacial score (nSPS) is 21.9. The van der Waals surface area contributed by atoms with Crippen molar-refractivity contribution in [2.24, 2.45) is 5.92 Å². The summed E-state index contributed by atoms with van der Waals surface area (Å²) < 4.78 is 18.9. The van der Waals surface area contributed by atoms with E-state index in [0.29, 0.717) is 19.8 Å². The van der Waals surface area contributed by atoms with Crippen LogP contribution in [0, 0.1) is 5.92 Å². The lowest BCUT2D eigenvalue weighted by molar-refractivity contribution is -0.270. The van der Waals surface area contributed by atoms with Crippen LogP contribution in [-0.4, -0.2) is 41.3 Å². The number of hydrogen-bond acceptors (Lipinski definition) is 4. The number of aromatic nitrogens is 1. The number of para-hydroxylation sites is 1. The molecule has 1 aromatic heterocycles. The summed E-state index contributed by atoms with van der Waals surface area (Å²) in [6, 6.07) is 18.4. The smallest absolute Gasteiger partial charge is 0.364 e. The zero-order valence-electron chi connectivity index (χ0n) is 16.4. The summed E-state index contributed by atoms with van der Waals surface area (Å²) in [6.07, 6.45) is 2.85. The lowest BCUT2D eigenvalue weighted by atomic mass is 9.99. The molecule has 29 heavy (non-hydrogen) atoms. The molecule has 3 aromatic rings. The number of carboxylic acid groups (broad SMARTS) is 1. The van der Waals surface area contributed by atoms with Gasteiger partial charge in [0.2, 0.25) is 0 Å². The molecule has 2 aromatic carbocycles. The predicted octanol–water partition coefficient (Wildman–Crippen LogP) is 3.73. The van der Waals surface area contributed by atoms with E-state index >= 15 is 0 Å². The molecule has 1 aliphatic rings. The number of rotatable bonds is 7. The molecule has 1 N–H and O–H groups in total. The van der Waals surface area contributed by atoms with Crippen LogP contribution in [0.3, 0.4) is 0 Å². The molecule has 0 spiro atoms. The Hall–Kier alpha value is -2.83. The van der Waals surface area contributed by atoms with E-state index in [4.69, 9.17) is 19.3 Å². The lowest BCUT2D eigenvalue weighted by Crippen LogP contribution is -2.48. The van der Waals surface area contributed by atoms with Gasteiger partial charge in [-0.05, 0) is 41.6 Å². The molecule has 1 saturated heterocycles. The Balaban J connectivity index is 1.26. The maximum atomic E-state index is 11.1. The van der Waals surface area contributed by atoms with Gasteiger partial charge in [-0.2, -0.15) is 0 Å². The predicted molar refractivity (Wildman–Crippen MR) is 109 cm³/mol. The lowest BCUT2D eigenvalue weighted by Gasteiger charge is -2.34. The second-order valence-electron chi connectivity index (χ2n) is 7.50. The van der Waals surface area contributed by atoms with Crippen LogP contribution in [0.1, 0.15) is 12.5 Å². The highest BCUT2D eigenvalue weighted by atomic mass is 16.7. The van der Waals surface area contributed by atoms with Crippen molar-refractivity contribution in [3.05, 3.63) is 66.4 Å². The molecule has 2 heterocycles. The first-order valence-electron chi connectivity index (χ1n) is 9.80.